The van der Waals surface area contributed by atoms with Gasteiger partial charge in [0, 0.05) is 21.2 Å². The molecule has 0 aliphatic heterocycles. The molecule has 0 radical (unpaired) electrons. The van der Waals surface area contributed by atoms with Gasteiger partial charge in [-0.25, -0.2) is 9.50 Å². The van der Waals surface area contributed by atoms with E-state index in [1.165, 1.54) is 11.8 Å². The normalized spacial score (nSPS) is 11.5. The number of thioether (sulfide) groups is 1. The van der Waals surface area contributed by atoms with E-state index < -0.39 is 0 Å². The Kier molecular flexibility index (Phi) is 4.10. The summed E-state index contributed by atoms with van der Waals surface area (Å²) in [7, 11) is 0. The molecule has 0 bridgehead atoms. The van der Waals surface area contributed by atoms with Crippen LogP contribution in [0, 0.1) is 13.8 Å². The number of hydrogen-bond donors (Lipinski definition) is 0. The van der Waals surface area contributed by atoms with Gasteiger partial charge >= 0.3 is 0 Å². The Morgan fingerprint density at radius 3 is 2.92 bits per heavy atom. The van der Waals surface area contributed by atoms with Gasteiger partial charge in [-0.05, 0) is 41.9 Å². The van der Waals surface area contributed by atoms with Gasteiger partial charge in [-0.1, -0.05) is 16.9 Å². The van der Waals surface area contributed by atoms with Gasteiger partial charge in [-0.3, -0.25) is 0 Å². The van der Waals surface area contributed by atoms with Crippen molar-refractivity contribution >= 4 is 44.8 Å². The first-order chi connectivity index (χ1) is 11.6. The van der Waals surface area contributed by atoms with E-state index in [0.717, 1.165) is 20.7 Å². The molecule has 4 heterocycles. The van der Waals surface area contributed by atoms with Crippen LogP contribution >= 0.6 is 39.0 Å². The average Bonchev–Trinajstić information content (AvgIpc) is 3.23. The zero-order valence-electron chi connectivity index (χ0n) is 12.7. The maximum absolute atomic E-state index is 5.30. The minimum absolute atomic E-state index is 0.508. The Balaban J connectivity index is 1.51. The summed E-state index contributed by atoms with van der Waals surface area (Å²) in [6.45, 7) is 3.92. The fourth-order valence-electron chi connectivity index (χ4n) is 2.18. The lowest BCUT2D eigenvalue weighted by molar-refractivity contribution is 0.391. The first kappa shape index (κ1) is 15.7. The second-order valence-corrected chi connectivity index (χ2v) is 7.84. The highest BCUT2D eigenvalue weighted by Gasteiger charge is 2.13. The smallest absolute Gasteiger partial charge is 0.253 e. The van der Waals surface area contributed by atoms with E-state index in [2.05, 4.69) is 41.1 Å². The molecule has 0 atom stereocenters. The SMILES string of the molecule is Cc1cc(C)n2nc(SCc3nc(-c4cc(Br)cs4)no3)nc2n1. The number of rotatable bonds is 4. The minimum atomic E-state index is 0.508. The minimum Gasteiger partial charge on any atom is -0.338 e. The van der Waals surface area contributed by atoms with Gasteiger partial charge in [0.2, 0.25) is 16.9 Å². The highest BCUT2D eigenvalue weighted by atomic mass is 79.9. The lowest BCUT2D eigenvalue weighted by Gasteiger charge is -1.97. The summed E-state index contributed by atoms with van der Waals surface area (Å²) >= 11 is 6.42. The molecule has 0 saturated heterocycles. The molecule has 0 N–H and O–H groups in total. The molecule has 10 heteroatoms. The quantitative estimate of drug-likeness (QED) is 0.461. The molecule has 0 aliphatic rings. The Morgan fingerprint density at radius 1 is 1.25 bits per heavy atom. The molecule has 4 aromatic rings. The van der Waals surface area contributed by atoms with Crippen molar-refractivity contribution in [3.8, 4) is 10.7 Å². The van der Waals surface area contributed by atoms with Gasteiger partial charge < -0.3 is 4.52 Å². The lowest BCUT2D eigenvalue weighted by atomic mass is 10.4. The van der Waals surface area contributed by atoms with Gasteiger partial charge in [0.15, 0.2) is 0 Å². The molecule has 7 nitrogen and oxygen atoms in total. The summed E-state index contributed by atoms with van der Waals surface area (Å²) in [4.78, 5) is 14.2. The van der Waals surface area contributed by atoms with Crippen molar-refractivity contribution in [3.05, 3.63) is 39.3 Å². The van der Waals surface area contributed by atoms with E-state index in [1.54, 1.807) is 15.9 Å². The predicted octanol–water partition coefficient (Wildman–Crippen LogP) is 3.91. The molecule has 0 spiro atoms. The summed E-state index contributed by atoms with van der Waals surface area (Å²) in [5, 5.41) is 11.1. The van der Waals surface area contributed by atoms with Gasteiger partial charge in [0.1, 0.15) is 0 Å². The van der Waals surface area contributed by atoms with Gasteiger partial charge in [-0.2, -0.15) is 9.97 Å². The van der Waals surface area contributed by atoms with Crippen molar-refractivity contribution in [2.75, 3.05) is 0 Å². The van der Waals surface area contributed by atoms with Crippen LogP contribution in [0.4, 0.5) is 0 Å². The van der Waals surface area contributed by atoms with Crippen LogP contribution < -0.4 is 0 Å². The number of fused-ring (bicyclic) bond motifs is 1. The van der Waals surface area contributed by atoms with E-state index in [1.807, 2.05) is 31.4 Å². The summed E-state index contributed by atoms with van der Waals surface area (Å²) < 4.78 is 8.04. The van der Waals surface area contributed by atoms with Crippen LogP contribution in [-0.2, 0) is 5.75 Å². The van der Waals surface area contributed by atoms with Crippen LogP contribution in [0.1, 0.15) is 17.3 Å². The van der Waals surface area contributed by atoms with Crippen LogP contribution in [-0.4, -0.2) is 29.7 Å². The Morgan fingerprint density at radius 2 is 2.12 bits per heavy atom. The van der Waals surface area contributed by atoms with Crippen molar-refractivity contribution in [2.45, 2.75) is 24.8 Å². The van der Waals surface area contributed by atoms with Crippen molar-refractivity contribution in [1.29, 1.82) is 0 Å². The highest BCUT2D eigenvalue weighted by Crippen LogP contribution is 2.28. The fourth-order valence-corrected chi connectivity index (χ4v) is 4.19. The summed E-state index contributed by atoms with van der Waals surface area (Å²) in [5.41, 5.74) is 1.92. The fraction of sp³-hybridized carbons (Fsp3) is 0.214. The zero-order valence-corrected chi connectivity index (χ0v) is 15.9. The Labute approximate surface area is 153 Å². The van der Waals surface area contributed by atoms with E-state index in [0.29, 0.717) is 28.4 Å². The second-order valence-electron chi connectivity index (χ2n) is 5.07. The van der Waals surface area contributed by atoms with Crippen molar-refractivity contribution in [2.24, 2.45) is 0 Å². The number of hydrogen-bond acceptors (Lipinski definition) is 8. The molecule has 4 rings (SSSR count). The van der Waals surface area contributed by atoms with E-state index in [-0.39, 0.29) is 0 Å². The summed E-state index contributed by atoms with van der Waals surface area (Å²) in [6, 6.07) is 3.94. The average molecular weight is 423 g/mol. The van der Waals surface area contributed by atoms with Gasteiger partial charge in [0.25, 0.3) is 5.78 Å². The lowest BCUT2D eigenvalue weighted by Crippen LogP contribution is -1.97. The molecule has 0 aromatic carbocycles. The number of nitrogens with zero attached hydrogens (tertiary/aromatic N) is 6. The molecule has 0 fully saturated rings. The molecule has 0 saturated carbocycles. The first-order valence-corrected chi connectivity index (χ1v) is 9.65. The standard InChI is InChI=1S/C14H11BrN6OS2/c1-7-3-8(2)21-13(16-7)18-14(19-21)24-6-11-17-12(20-22-11)10-4-9(15)5-23-10/h3-5H,6H2,1-2H3. The van der Waals surface area contributed by atoms with Crippen LogP contribution in [0.3, 0.4) is 0 Å². The third-order valence-electron chi connectivity index (χ3n) is 3.18. The maximum atomic E-state index is 5.30. The van der Waals surface area contributed by atoms with Crippen LogP contribution in [0.5, 0.6) is 0 Å². The second kappa shape index (κ2) is 6.26. The monoisotopic (exact) mass is 422 g/mol. The maximum Gasteiger partial charge on any atom is 0.253 e. The van der Waals surface area contributed by atoms with Crippen molar-refractivity contribution < 1.29 is 4.52 Å². The van der Waals surface area contributed by atoms with Crippen LogP contribution in [0.2, 0.25) is 0 Å². The number of aromatic nitrogens is 6. The van der Waals surface area contributed by atoms with Crippen LogP contribution in [0.25, 0.3) is 16.5 Å². The summed E-state index contributed by atoms with van der Waals surface area (Å²) in [5.74, 6) is 2.25. The topological polar surface area (TPSA) is 82.0 Å². The molecule has 24 heavy (non-hydrogen) atoms. The zero-order chi connectivity index (χ0) is 16.7. The molecule has 0 aliphatic carbocycles. The Hall–Kier alpha value is -1.78. The third-order valence-corrected chi connectivity index (χ3v) is 5.69. The number of thiophene rings is 1. The van der Waals surface area contributed by atoms with Gasteiger partial charge in [0.05, 0.1) is 10.6 Å². The van der Waals surface area contributed by atoms with E-state index in [4.69, 9.17) is 4.52 Å². The van der Waals surface area contributed by atoms with Crippen molar-refractivity contribution in [1.82, 2.24) is 29.7 Å². The third kappa shape index (κ3) is 3.08. The molecule has 0 unspecified atom stereocenters. The molecule has 122 valence electrons. The highest BCUT2D eigenvalue weighted by molar-refractivity contribution is 9.10. The van der Waals surface area contributed by atoms with Crippen molar-refractivity contribution in [3.63, 3.8) is 0 Å². The predicted molar refractivity (Wildman–Crippen MR) is 95.1 cm³/mol. The van der Waals surface area contributed by atoms with Gasteiger partial charge in [-0.15, -0.1) is 16.4 Å². The Bertz CT molecular complexity index is 1020. The molecule has 4 aromatic heterocycles. The van der Waals surface area contributed by atoms with E-state index >= 15 is 0 Å². The molecule has 0 amide bonds. The number of aryl methyl sites for hydroxylation is 2. The molecular formula is C14H11BrN6OS2. The van der Waals surface area contributed by atoms with E-state index in [9.17, 15) is 0 Å². The number of halogens is 1. The summed E-state index contributed by atoms with van der Waals surface area (Å²) in [6.07, 6.45) is 0. The largest absolute Gasteiger partial charge is 0.338 e. The van der Waals surface area contributed by atoms with Crippen LogP contribution in [0.15, 0.2) is 31.7 Å². The molecular weight excluding hydrogens is 412 g/mol. The first-order valence-electron chi connectivity index (χ1n) is 6.99.